The molecule has 0 spiro atoms. The molecule has 24 saturated heterocycles. The average molecular weight is 1660 g/mol. The highest BCUT2D eigenvalue weighted by molar-refractivity contribution is 5.73. The standard InChI is InChI=1S/C62H103NO50/c1-12(73)63-23-26(76)24(74)13(2-64)95-53(23)113-52-25(75)14(3-65)96-62(43(52)93)111-44-15(4-66)97-54(35(85)27(44)77)94-11-22-51-34(84)42(92)61(104-22)110-50-21(10-72)102-59(40(90)32(50)82)108-48-19(8-70)100-57(38(88)30(48)80)106-46-17(6-68)98-55(36(86)28(46)78)105-45-16(5-67)99-56(37(87)29(45)79)107-47-18(7-69)101-58(39(89)31(47)81)109-49-20(9-71)103-60(112-51)41(91)33(49)83/h13-62,64-72,74-93H,2-11H2,1H3,(H,63,73)/t13-,14-,15-,16-,17-,18-,19-,20-,21-,22-,23-,24-,25-,26-,27-,28-,29-,30-,31-,32-,33-,34-,35-,36-,37-,38-,39-,40-,41-,42-,43-,44-,45-,46-,47-,48-,49-,50-,51-,52+,53+,54+,55-,56-,57-,58-,59-,60-,61-,62-/m1/s1. The summed E-state index contributed by atoms with van der Waals surface area (Å²) in [6.07, 6.45) is -104. The van der Waals surface area contributed by atoms with Crippen molar-refractivity contribution in [3.63, 3.8) is 0 Å². The van der Waals surface area contributed by atoms with E-state index in [1.54, 1.807) is 0 Å². The molecular formula is C62H103NO50. The number of amides is 1. The second-order valence-corrected chi connectivity index (χ2v) is 28.9. The van der Waals surface area contributed by atoms with Crippen LogP contribution in [0.1, 0.15) is 6.92 Å². The summed E-state index contributed by atoms with van der Waals surface area (Å²) >= 11 is 0. The van der Waals surface area contributed by atoms with E-state index < -0.39 is 379 Å². The first-order valence-corrected chi connectivity index (χ1v) is 36.1. The number of hydrogen-bond donors (Lipinski definition) is 30. The third-order valence-electron chi connectivity index (χ3n) is 21.5. The Morgan fingerprint density at radius 2 is 0.496 bits per heavy atom. The molecule has 24 rings (SSSR count). The fourth-order valence-corrected chi connectivity index (χ4v) is 15.2. The van der Waals surface area contributed by atoms with Gasteiger partial charge in [-0.15, -0.1) is 0 Å². The fourth-order valence-electron chi connectivity index (χ4n) is 15.2. The lowest BCUT2D eigenvalue weighted by molar-refractivity contribution is -0.400. The van der Waals surface area contributed by atoms with Crippen molar-refractivity contribution >= 4 is 5.91 Å². The van der Waals surface area contributed by atoms with Gasteiger partial charge in [0.15, 0.2) is 62.9 Å². The molecule has 0 aliphatic carbocycles. The Balaban J connectivity index is 0.861. The minimum Gasteiger partial charge on any atom is -0.394 e. The number of aliphatic hydroxyl groups excluding tert-OH is 29. The van der Waals surface area contributed by atoms with Gasteiger partial charge in [-0.2, -0.15) is 0 Å². The zero-order valence-electron chi connectivity index (χ0n) is 59.5. The summed E-state index contributed by atoms with van der Waals surface area (Å²) < 4.78 is 116. The number of hydrogen-bond acceptors (Lipinski definition) is 50. The first-order valence-electron chi connectivity index (χ1n) is 36.1. The maximum absolute atomic E-state index is 12.2. The third-order valence-corrected chi connectivity index (χ3v) is 21.5. The highest BCUT2D eigenvalue weighted by atomic mass is 16.8. The van der Waals surface area contributed by atoms with Crippen molar-refractivity contribution in [2.24, 2.45) is 0 Å². The number of aliphatic hydroxyl groups is 29. The third kappa shape index (κ3) is 18.7. The van der Waals surface area contributed by atoms with E-state index >= 15 is 0 Å². The Kier molecular flexibility index (Phi) is 31.6. The van der Waals surface area contributed by atoms with E-state index in [2.05, 4.69) is 5.32 Å². The molecule has 24 aliphatic rings. The van der Waals surface area contributed by atoms with E-state index in [0.29, 0.717) is 0 Å². The van der Waals surface area contributed by atoms with Crippen molar-refractivity contribution in [3.8, 4) is 0 Å². The topological polar surface area (TPSA) is 800 Å². The van der Waals surface area contributed by atoms with Crippen LogP contribution >= 0.6 is 0 Å². The summed E-state index contributed by atoms with van der Waals surface area (Å²) in [5.74, 6) is -0.798. The van der Waals surface area contributed by atoms with Gasteiger partial charge in [-0.25, -0.2) is 0 Å². The number of nitrogens with one attached hydrogen (secondary N) is 1. The van der Waals surface area contributed by atoms with Crippen molar-refractivity contribution in [1.82, 2.24) is 5.32 Å². The summed E-state index contributed by atoms with van der Waals surface area (Å²) in [5, 5.41) is 328. The van der Waals surface area contributed by atoms with Gasteiger partial charge in [-0.1, -0.05) is 0 Å². The monoisotopic (exact) mass is 1660 g/mol. The SMILES string of the molecule is CC(=O)N[C@H]1[C@H](O[C@@H]2[C@@H](O)[C@@H](O[C@H]3[C@H](O)[C@@H](O)[C@@H](OC[C@H]4O[C@@H]5O[C@H]6[C@H](O)[C@@H](O)[C@@H](O[C@H]7[C@H](O)[C@@H](O)[C@@H](O[C@H]8[C@H](O)[C@@H](O)[C@@H](O[C@H]9[C@H](O)[C@@H](O)[C@@H](O[C@H]%10[C@H](O)[C@@H](O)[C@@H](O[C@H]%11[C@H](O)[C@@H](O)[C@@H](O[C@H]4[C@H](O)[C@H]5O)O[C@@H]%11CO)O[C@@H]%10CO)O[C@@H]9CO)O[C@@H]8CO)O[C@@H]7CO)O[C@@H]6CO)O[C@@H]3CO)O[C@H](CO)[C@H]2O)O[C@H](CO)[C@@H](O)[C@@H]1O. The van der Waals surface area contributed by atoms with E-state index in [0.717, 1.165) is 6.92 Å². The molecule has 113 heavy (non-hydrogen) atoms. The smallest absolute Gasteiger partial charge is 0.217 e. The molecule has 30 N–H and O–H groups in total. The number of ether oxygens (including phenoxy) is 20. The van der Waals surface area contributed by atoms with Crippen LogP contribution in [0.2, 0.25) is 0 Å². The van der Waals surface area contributed by atoms with Crippen LogP contribution in [0.5, 0.6) is 0 Å². The molecule has 656 valence electrons. The molecule has 51 nitrogen and oxygen atoms in total. The van der Waals surface area contributed by atoms with E-state index in [-0.39, 0.29) is 0 Å². The van der Waals surface area contributed by atoms with Crippen LogP contribution in [-0.4, -0.2) is 527 Å². The second kappa shape index (κ2) is 39.1. The molecule has 1 amide bonds. The quantitative estimate of drug-likeness (QED) is 0.0643. The summed E-state index contributed by atoms with van der Waals surface area (Å²) in [6, 6.07) is -1.65. The average Bonchev–Trinajstić information content (AvgIpc) is 0.822. The highest BCUT2D eigenvalue weighted by Crippen LogP contribution is 2.41. The van der Waals surface area contributed by atoms with Gasteiger partial charge >= 0.3 is 0 Å². The van der Waals surface area contributed by atoms with Gasteiger partial charge in [0.25, 0.3) is 0 Å². The van der Waals surface area contributed by atoms with Gasteiger partial charge < -0.3 is 248 Å². The van der Waals surface area contributed by atoms with E-state index in [9.17, 15) is 153 Å². The molecule has 24 aliphatic heterocycles. The van der Waals surface area contributed by atoms with Crippen molar-refractivity contribution in [2.75, 3.05) is 66.1 Å². The molecule has 24 heterocycles. The van der Waals surface area contributed by atoms with Crippen LogP contribution in [0.15, 0.2) is 0 Å². The molecule has 0 aromatic heterocycles. The van der Waals surface area contributed by atoms with Crippen LogP contribution in [0, 0.1) is 0 Å². The summed E-state index contributed by atoms with van der Waals surface area (Å²) in [5.41, 5.74) is 0. The van der Waals surface area contributed by atoms with Crippen molar-refractivity contribution in [1.29, 1.82) is 0 Å². The number of carbonyl (C=O) groups excluding carboxylic acids is 1. The van der Waals surface area contributed by atoms with Crippen LogP contribution in [0.4, 0.5) is 0 Å². The first kappa shape index (κ1) is 91.3. The van der Waals surface area contributed by atoms with Gasteiger partial charge in [-0.3, -0.25) is 4.79 Å². The van der Waals surface area contributed by atoms with E-state index in [1.807, 2.05) is 0 Å². The molecule has 0 unspecified atom stereocenters. The molecule has 50 atom stereocenters. The number of rotatable bonds is 17. The first-order chi connectivity index (χ1) is 53.7. The van der Waals surface area contributed by atoms with Crippen molar-refractivity contribution in [3.05, 3.63) is 0 Å². The van der Waals surface area contributed by atoms with Gasteiger partial charge in [-0.05, 0) is 0 Å². The second-order valence-electron chi connectivity index (χ2n) is 28.9. The molecule has 51 heteroatoms. The molecule has 0 aromatic carbocycles. The molecule has 24 fully saturated rings. The largest absolute Gasteiger partial charge is 0.394 e. The lowest BCUT2D eigenvalue weighted by atomic mass is 9.95. The normalized spacial score (nSPS) is 53.8. The molecular weight excluding hydrogens is 1560 g/mol. The van der Waals surface area contributed by atoms with Crippen LogP contribution in [-0.2, 0) is 99.5 Å². The van der Waals surface area contributed by atoms with Crippen molar-refractivity contribution < 1.29 is 248 Å². The zero-order chi connectivity index (χ0) is 82.4. The van der Waals surface area contributed by atoms with Gasteiger partial charge in [0.05, 0.1) is 66.1 Å². The molecule has 0 saturated carbocycles. The zero-order valence-corrected chi connectivity index (χ0v) is 59.5. The van der Waals surface area contributed by atoms with Gasteiger partial charge in [0.1, 0.15) is 244 Å². The Bertz CT molecular complexity index is 2920. The maximum atomic E-state index is 12.2. The summed E-state index contributed by atoms with van der Waals surface area (Å²) in [7, 11) is 0. The van der Waals surface area contributed by atoms with E-state index in [4.69, 9.17) is 94.7 Å². The summed E-state index contributed by atoms with van der Waals surface area (Å²) in [4.78, 5) is 12.2. The van der Waals surface area contributed by atoms with Gasteiger partial charge in [0, 0.05) is 6.92 Å². The Morgan fingerprint density at radius 1 is 0.239 bits per heavy atom. The predicted octanol–water partition coefficient (Wildman–Crippen LogP) is -21.6. The maximum Gasteiger partial charge on any atom is 0.217 e. The minimum atomic E-state index is -2.48. The van der Waals surface area contributed by atoms with E-state index in [1.165, 1.54) is 0 Å². The Labute approximate surface area is 637 Å². The highest BCUT2D eigenvalue weighted by Gasteiger charge is 2.62. The lowest BCUT2D eigenvalue weighted by Crippen LogP contribution is -2.69. The van der Waals surface area contributed by atoms with Crippen LogP contribution in [0.25, 0.3) is 0 Å². The minimum absolute atomic E-state index is 0.798. The fraction of sp³-hybridized carbons (Fsp3) is 0.984. The predicted molar refractivity (Wildman–Crippen MR) is 338 cm³/mol. The lowest BCUT2D eigenvalue weighted by Gasteiger charge is -2.50. The van der Waals surface area contributed by atoms with Crippen LogP contribution < -0.4 is 5.32 Å². The number of carbonyl (C=O) groups is 1. The Hall–Kier alpha value is -2.49. The van der Waals surface area contributed by atoms with Crippen LogP contribution in [0.3, 0.4) is 0 Å². The van der Waals surface area contributed by atoms with Crippen molar-refractivity contribution in [2.45, 2.75) is 314 Å². The molecule has 0 radical (unpaired) electrons. The Morgan fingerprint density at radius 3 is 0.788 bits per heavy atom. The van der Waals surface area contributed by atoms with Gasteiger partial charge in [0.2, 0.25) is 5.91 Å². The molecule has 0 aromatic rings. The summed E-state index contributed by atoms with van der Waals surface area (Å²) in [6.45, 7) is -10.3. The molecule has 14 bridgehead atoms.